The molecule has 4 aliphatic rings. The monoisotopic (exact) mass is 1190 g/mol. The van der Waals surface area contributed by atoms with Crippen LogP contribution in [0.15, 0.2) is 133 Å². The minimum atomic E-state index is -0.189. The summed E-state index contributed by atoms with van der Waals surface area (Å²) >= 11 is 1.98. The normalized spacial score (nSPS) is 17.4. The fraction of sp³-hybridized carbons (Fsp3) is 0.429. The lowest BCUT2D eigenvalue weighted by atomic mass is 9.33. The molecule has 0 saturated heterocycles. The minimum absolute atomic E-state index is 0.00547. The Kier molecular flexibility index (Phi) is 13.6. The van der Waals surface area contributed by atoms with Gasteiger partial charge in [0, 0.05) is 71.4 Å². The van der Waals surface area contributed by atoms with Gasteiger partial charge in [0.15, 0.2) is 0 Å². The first-order valence-electron chi connectivity index (χ1n) is 33.4. The van der Waals surface area contributed by atoms with E-state index < -0.39 is 0 Å². The molecule has 13 rings (SSSR count). The van der Waals surface area contributed by atoms with E-state index in [4.69, 9.17) is 0 Å². The van der Waals surface area contributed by atoms with E-state index in [9.17, 15) is 0 Å². The smallest absolute Gasteiger partial charge is 0.252 e. The zero-order valence-corrected chi connectivity index (χ0v) is 59.5. The first-order chi connectivity index (χ1) is 41.1. The van der Waals surface area contributed by atoms with E-state index >= 15 is 0 Å². The lowest BCUT2D eigenvalue weighted by molar-refractivity contribution is 0.332. The van der Waals surface area contributed by atoms with Crippen LogP contribution in [0.2, 0.25) is 0 Å². The highest BCUT2D eigenvalue weighted by Gasteiger charge is 2.50. The van der Waals surface area contributed by atoms with E-state index in [1.807, 2.05) is 11.3 Å². The van der Waals surface area contributed by atoms with Crippen molar-refractivity contribution in [1.29, 1.82) is 0 Å². The number of benzene rings is 8. The van der Waals surface area contributed by atoms with Crippen molar-refractivity contribution in [3.05, 3.63) is 189 Å². The van der Waals surface area contributed by atoms with E-state index in [0.29, 0.717) is 0 Å². The standard InChI is InChI=1S/C84H100BN3S/c1-50-39-61-63(82(19,20)38-37-81(61,17)18)47-68(50)88-70-48-64-62(83(21,22)49-84(64,23)24)46-67(70)85-66-36-34-57(86(55-30-25-51(26-31-55)76(2,3)4)56-32-27-52(28-33-56)77(5,6)7)45-69(66)87(71-40-54(79(11,12)13)41-72(88)74(71)85)58-43-60-59-35-29-53(78(8,9)10)42-73(59)89-75(60)65(44-58)80(14,15)16/h25-36,39-48H,37-38,49H2,1-24H3. The van der Waals surface area contributed by atoms with Crippen LogP contribution in [0.5, 0.6) is 0 Å². The second kappa shape index (κ2) is 19.7. The molecule has 0 unspecified atom stereocenters. The fourth-order valence-electron chi connectivity index (χ4n) is 16.2. The van der Waals surface area contributed by atoms with Gasteiger partial charge in [-0.15, -0.1) is 11.3 Å². The van der Waals surface area contributed by atoms with Gasteiger partial charge in [0.25, 0.3) is 6.71 Å². The van der Waals surface area contributed by atoms with Gasteiger partial charge >= 0.3 is 0 Å². The number of hydrogen-bond acceptors (Lipinski definition) is 4. The van der Waals surface area contributed by atoms with Crippen LogP contribution >= 0.6 is 11.3 Å². The third-order valence-corrected chi connectivity index (χ3v) is 22.7. The third-order valence-electron chi connectivity index (χ3n) is 21.5. The summed E-state index contributed by atoms with van der Waals surface area (Å²) in [6, 6.07) is 54.7. The molecule has 460 valence electrons. The molecule has 3 nitrogen and oxygen atoms in total. The van der Waals surface area contributed by atoms with Crippen molar-refractivity contribution >= 4 is 106 Å². The summed E-state index contributed by atoms with van der Waals surface area (Å²) in [6.07, 6.45) is 3.44. The lowest BCUT2D eigenvalue weighted by Gasteiger charge is -2.47. The minimum Gasteiger partial charge on any atom is -0.311 e. The predicted molar refractivity (Wildman–Crippen MR) is 392 cm³/mol. The summed E-state index contributed by atoms with van der Waals surface area (Å²) in [5.41, 5.74) is 29.0. The Morgan fingerprint density at radius 3 is 1.40 bits per heavy atom. The van der Waals surface area contributed by atoms with Crippen molar-refractivity contribution in [1.82, 2.24) is 0 Å². The summed E-state index contributed by atoms with van der Waals surface area (Å²) in [7, 11) is 0. The van der Waals surface area contributed by atoms with E-state index in [1.54, 1.807) is 0 Å². The van der Waals surface area contributed by atoms with Gasteiger partial charge in [0.2, 0.25) is 0 Å². The van der Waals surface area contributed by atoms with Crippen molar-refractivity contribution in [3.8, 4) is 0 Å². The average molecular weight is 1190 g/mol. The van der Waals surface area contributed by atoms with Crippen molar-refractivity contribution < 1.29 is 0 Å². The Balaban J connectivity index is 1.17. The summed E-state index contributed by atoms with van der Waals surface area (Å²) < 4.78 is 2.74. The molecular weight excluding hydrogens is 1090 g/mol. The van der Waals surface area contributed by atoms with Gasteiger partial charge in [-0.3, -0.25) is 0 Å². The highest BCUT2D eigenvalue weighted by molar-refractivity contribution is 7.26. The lowest BCUT2D eigenvalue weighted by Crippen LogP contribution is -2.61. The van der Waals surface area contributed by atoms with E-state index in [0.717, 1.165) is 29.9 Å². The Bertz CT molecular complexity index is 4320. The topological polar surface area (TPSA) is 9.72 Å². The Labute approximate surface area is 540 Å². The van der Waals surface area contributed by atoms with Gasteiger partial charge in [-0.25, -0.2) is 0 Å². The highest BCUT2D eigenvalue weighted by atomic mass is 32.1. The van der Waals surface area contributed by atoms with Crippen molar-refractivity contribution in [3.63, 3.8) is 0 Å². The molecule has 0 bridgehead atoms. The number of aryl methyl sites for hydroxylation is 1. The molecule has 0 fully saturated rings. The maximum absolute atomic E-state index is 2.78. The number of anilines is 9. The van der Waals surface area contributed by atoms with E-state index in [1.165, 1.54) is 133 Å². The van der Waals surface area contributed by atoms with Crippen LogP contribution in [0.3, 0.4) is 0 Å². The molecule has 89 heavy (non-hydrogen) atoms. The maximum Gasteiger partial charge on any atom is 0.252 e. The molecule has 2 aliphatic heterocycles. The maximum atomic E-state index is 2.78. The highest BCUT2D eigenvalue weighted by Crippen LogP contribution is 2.56. The van der Waals surface area contributed by atoms with Gasteiger partial charge in [-0.2, -0.15) is 0 Å². The fourth-order valence-corrected chi connectivity index (χ4v) is 17.6. The zero-order valence-electron chi connectivity index (χ0n) is 58.7. The van der Waals surface area contributed by atoms with Crippen LogP contribution in [-0.2, 0) is 48.7 Å². The van der Waals surface area contributed by atoms with Crippen molar-refractivity contribution in [2.45, 2.75) is 234 Å². The summed E-state index contributed by atoms with van der Waals surface area (Å²) in [6.45, 7) is 57.7. The molecule has 2 aliphatic carbocycles. The molecule has 0 N–H and O–H groups in total. The van der Waals surface area contributed by atoms with Crippen LogP contribution in [0.25, 0.3) is 20.2 Å². The number of rotatable bonds is 5. The first-order valence-corrected chi connectivity index (χ1v) is 34.3. The third kappa shape index (κ3) is 10.0. The summed E-state index contributed by atoms with van der Waals surface area (Å²) in [5.74, 6) is 0. The molecule has 9 aromatic rings. The molecule has 5 heteroatoms. The summed E-state index contributed by atoms with van der Waals surface area (Å²) in [5, 5.41) is 2.66. The zero-order chi connectivity index (χ0) is 64.2. The van der Waals surface area contributed by atoms with Crippen molar-refractivity contribution in [2.24, 2.45) is 0 Å². The predicted octanol–water partition coefficient (Wildman–Crippen LogP) is 22.7. The molecule has 0 spiro atoms. The quantitative estimate of drug-likeness (QED) is 0.159. The van der Waals surface area contributed by atoms with Gasteiger partial charge in [-0.05, 0) is 226 Å². The van der Waals surface area contributed by atoms with Crippen LogP contribution in [0.4, 0.5) is 51.2 Å². The van der Waals surface area contributed by atoms with Crippen LogP contribution in [-0.4, -0.2) is 6.71 Å². The molecule has 8 aromatic carbocycles. The largest absolute Gasteiger partial charge is 0.311 e. The summed E-state index contributed by atoms with van der Waals surface area (Å²) in [4.78, 5) is 8.03. The molecule has 3 heterocycles. The van der Waals surface area contributed by atoms with Gasteiger partial charge < -0.3 is 14.7 Å². The Hall–Kier alpha value is -6.56. The molecular formula is C84H100BN3S. The van der Waals surface area contributed by atoms with E-state index in [2.05, 4.69) is 314 Å². The van der Waals surface area contributed by atoms with Gasteiger partial charge in [0.05, 0.1) is 0 Å². The number of nitrogens with zero attached hydrogens (tertiary/aromatic N) is 3. The first kappa shape index (κ1) is 61.3. The van der Waals surface area contributed by atoms with Gasteiger partial charge in [-0.1, -0.05) is 214 Å². The second-order valence-electron chi connectivity index (χ2n) is 35.5. The molecule has 0 atom stereocenters. The number of thiophene rings is 1. The van der Waals surface area contributed by atoms with Crippen LogP contribution in [0.1, 0.15) is 234 Å². The van der Waals surface area contributed by atoms with Crippen molar-refractivity contribution in [2.75, 3.05) is 14.7 Å². The second-order valence-corrected chi connectivity index (χ2v) is 36.5. The van der Waals surface area contributed by atoms with E-state index in [-0.39, 0.29) is 55.4 Å². The van der Waals surface area contributed by atoms with Crippen LogP contribution in [0, 0.1) is 6.92 Å². The number of fused-ring (bicyclic) bond motifs is 9. The number of hydrogen-bond donors (Lipinski definition) is 0. The Morgan fingerprint density at radius 2 is 0.865 bits per heavy atom. The molecule has 0 radical (unpaired) electrons. The Morgan fingerprint density at radius 1 is 0.393 bits per heavy atom. The van der Waals surface area contributed by atoms with Gasteiger partial charge in [0.1, 0.15) is 0 Å². The molecule has 1 aromatic heterocycles. The SMILES string of the molecule is Cc1cc2c(cc1N1c3cc4c(cc3B3c5ccc(N(c6ccc(C(C)(C)C)cc6)c6ccc(C(C)(C)C)cc6)cc5N(c5cc(C(C)(C)C)c6sc7cc(C(C)(C)C)ccc7c6c5)c5cc(C(C)(C)C)cc1c53)C(C)(C)CC4(C)C)C(C)(C)CCC2(C)C. The average Bonchev–Trinajstić information content (AvgIpc) is 1.47. The van der Waals surface area contributed by atoms with Crippen LogP contribution < -0.4 is 31.1 Å². The molecule has 0 saturated carbocycles. The molecule has 0 amide bonds.